The van der Waals surface area contributed by atoms with Crippen LogP contribution in [0, 0.1) is 0 Å². The topological polar surface area (TPSA) is 120 Å². The second kappa shape index (κ2) is 11.9. The van der Waals surface area contributed by atoms with E-state index in [0.29, 0.717) is 18.1 Å². The highest BCUT2D eigenvalue weighted by Gasteiger charge is 2.34. The van der Waals surface area contributed by atoms with Crippen LogP contribution in [0.3, 0.4) is 0 Å². The van der Waals surface area contributed by atoms with Gasteiger partial charge < -0.3 is 5.11 Å². The summed E-state index contributed by atoms with van der Waals surface area (Å²) in [5.74, 6) is 0.0534. The largest absolute Gasteiger partial charge is 0.480 e. The molecule has 180 valence electrons. The molecule has 0 aromatic carbocycles. The molecule has 0 radical (unpaired) electrons. The minimum absolute atomic E-state index is 0. The first kappa shape index (κ1) is 25.5. The molecule has 0 spiro atoms. The molecule has 4 rings (SSSR count). The van der Waals surface area contributed by atoms with E-state index < -0.39 is 18.0 Å². The molecule has 3 N–H and O–H groups in total. The third-order valence-electron chi connectivity index (χ3n) is 5.64. The van der Waals surface area contributed by atoms with E-state index >= 15 is 0 Å². The number of nitrogens with one attached hydrogen (secondary N) is 2. The number of carboxylic acid groups (broad SMARTS) is 1. The van der Waals surface area contributed by atoms with Gasteiger partial charge in [0.25, 0.3) is 0 Å². The summed E-state index contributed by atoms with van der Waals surface area (Å²) in [5, 5.41) is 17.7. The van der Waals surface area contributed by atoms with Crippen molar-refractivity contribution in [2.75, 3.05) is 17.2 Å². The van der Waals surface area contributed by atoms with Crippen LogP contribution in [0.2, 0.25) is 0 Å². The fraction of sp³-hybridized carbons (Fsp3) is 0.348. The van der Waals surface area contributed by atoms with Crippen LogP contribution >= 0.6 is 23.7 Å². The summed E-state index contributed by atoms with van der Waals surface area (Å²) >= 11 is 1.43. The van der Waals surface area contributed by atoms with Crippen LogP contribution in [0.15, 0.2) is 48.1 Å². The van der Waals surface area contributed by atoms with Crippen molar-refractivity contribution in [1.82, 2.24) is 19.9 Å². The number of rotatable bonds is 7. The maximum atomic E-state index is 12.5. The van der Waals surface area contributed by atoms with Gasteiger partial charge in [-0.3, -0.25) is 25.3 Å². The normalized spacial score (nSPS) is 16.8. The SMILES string of the molecule is CCC(c1cccc(NC(=O)Nc2csc(-c3ccncc3)n2)n1)N1CCCCC1C(=O)O.Cl. The molecule has 2 unspecified atom stereocenters. The number of aromatic nitrogens is 3. The molecule has 9 nitrogen and oxygen atoms in total. The first-order valence-electron chi connectivity index (χ1n) is 10.9. The number of carbonyl (C=O) groups is 2. The van der Waals surface area contributed by atoms with E-state index in [2.05, 4.69) is 25.6 Å². The van der Waals surface area contributed by atoms with Crippen LogP contribution in [0.5, 0.6) is 0 Å². The predicted molar refractivity (Wildman–Crippen MR) is 134 cm³/mol. The summed E-state index contributed by atoms with van der Waals surface area (Å²) in [6.07, 6.45) is 6.64. The molecule has 1 saturated heterocycles. The fourth-order valence-corrected chi connectivity index (χ4v) is 4.89. The highest BCUT2D eigenvalue weighted by molar-refractivity contribution is 7.13. The molecule has 3 aromatic heterocycles. The molecule has 34 heavy (non-hydrogen) atoms. The number of amides is 2. The van der Waals surface area contributed by atoms with Gasteiger partial charge in [-0.1, -0.05) is 19.4 Å². The third kappa shape index (κ3) is 6.07. The molecule has 0 aliphatic carbocycles. The molecule has 0 saturated carbocycles. The predicted octanol–water partition coefficient (Wildman–Crippen LogP) is 5.06. The molecule has 1 fully saturated rings. The summed E-state index contributed by atoms with van der Waals surface area (Å²) in [6, 6.07) is 8.06. The van der Waals surface area contributed by atoms with Gasteiger partial charge in [-0.25, -0.2) is 14.8 Å². The first-order valence-corrected chi connectivity index (χ1v) is 11.8. The molecule has 4 heterocycles. The number of carbonyl (C=O) groups excluding carboxylic acids is 1. The smallest absolute Gasteiger partial charge is 0.326 e. The Morgan fingerprint density at radius 2 is 1.91 bits per heavy atom. The summed E-state index contributed by atoms with van der Waals surface area (Å²) in [5.41, 5.74) is 1.68. The van der Waals surface area contributed by atoms with E-state index in [9.17, 15) is 14.7 Å². The monoisotopic (exact) mass is 502 g/mol. The third-order valence-corrected chi connectivity index (χ3v) is 6.53. The summed E-state index contributed by atoms with van der Waals surface area (Å²) < 4.78 is 0. The number of nitrogens with zero attached hydrogens (tertiary/aromatic N) is 4. The zero-order chi connectivity index (χ0) is 23.2. The average molecular weight is 503 g/mol. The quantitative estimate of drug-likeness (QED) is 0.413. The second-order valence-corrected chi connectivity index (χ2v) is 8.67. The Balaban J connectivity index is 0.00000324. The minimum atomic E-state index is -0.795. The minimum Gasteiger partial charge on any atom is -0.480 e. The van der Waals surface area contributed by atoms with Crippen molar-refractivity contribution < 1.29 is 14.7 Å². The van der Waals surface area contributed by atoms with Gasteiger partial charge in [-0.2, -0.15) is 0 Å². The van der Waals surface area contributed by atoms with Gasteiger partial charge in [0.15, 0.2) is 0 Å². The standard InChI is InChI=1S/C23H26N6O3S.ClH/c1-2-17(29-13-4-3-7-18(29)22(30)31)16-6-5-8-19(25-16)27-23(32)28-20-14-33-21(26-20)15-9-11-24-12-10-15;/h5-6,8-12,14,17-18H,2-4,7,13H2,1H3,(H,30,31)(H2,25,27,28,32);1H. The number of likely N-dealkylation sites (tertiary alicyclic amines) is 1. The fourth-order valence-electron chi connectivity index (χ4n) is 4.13. The van der Waals surface area contributed by atoms with Crippen molar-refractivity contribution in [3.63, 3.8) is 0 Å². The maximum absolute atomic E-state index is 12.5. The number of aliphatic carboxylic acids is 1. The van der Waals surface area contributed by atoms with Crippen LogP contribution in [-0.2, 0) is 4.79 Å². The number of thiazole rings is 1. The van der Waals surface area contributed by atoms with Gasteiger partial charge in [0.05, 0.1) is 11.7 Å². The molecule has 1 aliphatic rings. The Hall–Kier alpha value is -3.08. The summed E-state index contributed by atoms with van der Waals surface area (Å²) in [4.78, 5) is 39.4. The number of hydrogen-bond donors (Lipinski definition) is 3. The number of hydrogen-bond acceptors (Lipinski definition) is 7. The average Bonchev–Trinajstić information content (AvgIpc) is 3.29. The summed E-state index contributed by atoms with van der Waals surface area (Å²) in [6.45, 7) is 2.74. The van der Waals surface area contributed by atoms with Gasteiger partial charge in [-0.15, -0.1) is 23.7 Å². The lowest BCUT2D eigenvalue weighted by molar-refractivity contribution is -0.146. The highest BCUT2D eigenvalue weighted by atomic mass is 35.5. The van der Waals surface area contributed by atoms with E-state index in [1.165, 1.54) is 11.3 Å². The van der Waals surface area contributed by atoms with Crippen molar-refractivity contribution in [2.24, 2.45) is 0 Å². The molecule has 1 aliphatic heterocycles. The highest BCUT2D eigenvalue weighted by Crippen LogP contribution is 2.31. The molecule has 11 heteroatoms. The van der Waals surface area contributed by atoms with Crippen molar-refractivity contribution >= 4 is 47.4 Å². The molecule has 0 bridgehead atoms. The van der Waals surface area contributed by atoms with E-state index in [-0.39, 0.29) is 18.4 Å². The van der Waals surface area contributed by atoms with Crippen LogP contribution in [0.25, 0.3) is 10.6 Å². The molecular formula is C23H27ClN6O3S. The lowest BCUT2D eigenvalue weighted by Crippen LogP contribution is -2.46. The van der Waals surface area contributed by atoms with Gasteiger partial charge in [-0.05, 0) is 50.1 Å². The Morgan fingerprint density at radius 3 is 2.65 bits per heavy atom. The van der Waals surface area contributed by atoms with Crippen LogP contribution in [-0.4, -0.2) is 49.5 Å². The molecular weight excluding hydrogens is 476 g/mol. The summed E-state index contributed by atoms with van der Waals surface area (Å²) in [7, 11) is 0. The van der Waals surface area contributed by atoms with Crippen LogP contribution in [0.1, 0.15) is 44.3 Å². The van der Waals surface area contributed by atoms with Gasteiger partial charge in [0, 0.05) is 23.3 Å². The Labute approximate surface area is 208 Å². The van der Waals surface area contributed by atoms with Gasteiger partial charge in [0.2, 0.25) is 0 Å². The van der Waals surface area contributed by atoms with Crippen molar-refractivity contribution in [1.29, 1.82) is 0 Å². The lowest BCUT2D eigenvalue weighted by Gasteiger charge is -2.38. The van der Waals surface area contributed by atoms with E-state index in [0.717, 1.165) is 42.1 Å². The van der Waals surface area contributed by atoms with Gasteiger partial charge >= 0.3 is 12.0 Å². The molecule has 3 aromatic rings. The first-order chi connectivity index (χ1) is 16.0. The van der Waals surface area contributed by atoms with Gasteiger partial charge in [0.1, 0.15) is 22.7 Å². The van der Waals surface area contributed by atoms with Crippen LogP contribution in [0.4, 0.5) is 16.4 Å². The molecule has 2 amide bonds. The lowest BCUT2D eigenvalue weighted by atomic mass is 9.97. The number of piperidine rings is 1. The van der Waals surface area contributed by atoms with Crippen molar-refractivity contribution in [3.8, 4) is 10.6 Å². The number of pyridine rings is 2. The Bertz CT molecular complexity index is 1110. The Kier molecular flexibility index (Phi) is 8.91. The molecule has 2 atom stereocenters. The number of urea groups is 1. The van der Waals surface area contributed by atoms with Crippen LogP contribution < -0.4 is 10.6 Å². The maximum Gasteiger partial charge on any atom is 0.326 e. The van der Waals surface area contributed by atoms with Crippen molar-refractivity contribution in [2.45, 2.75) is 44.7 Å². The van der Waals surface area contributed by atoms with E-state index in [4.69, 9.17) is 0 Å². The Morgan fingerprint density at radius 1 is 1.15 bits per heavy atom. The zero-order valence-electron chi connectivity index (χ0n) is 18.7. The zero-order valence-corrected chi connectivity index (χ0v) is 20.3. The number of anilines is 2. The number of halogens is 1. The second-order valence-electron chi connectivity index (χ2n) is 7.81. The number of carboxylic acids is 1. The van der Waals surface area contributed by atoms with E-state index in [1.807, 2.05) is 36.1 Å². The van der Waals surface area contributed by atoms with E-state index in [1.54, 1.807) is 23.8 Å². The van der Waals surface area contributed by atoms with Crippen molar-refractivity contribution in [3.05, 3.63) is 53.8 Å².